The second-order valence-electron chi connectivity index (χ2n) is 2.34. The van der Waals surface area contributed by atoms with Gasteiger partial charge in [0.15, 0.2) is 0 Å². The van der Waals surface area contributed by atoms with Crippen LogP contribution >= 0.6 is 0 Å². The van der Waals surface area contributed by atoms with E-state index >= 15 is 0 Å². The Bertz CT molecular complexity index is 291. The predicted octanol–water partition coefficient (Wildman–Crippen LogP) is 2.50. The molecule has 0 spiro atoms. The van der Waals surface area contributed by atoms with Crippen LogP contribution in [-0.4, -0.2) is 12.1 Å². The molecule has 0 bridgehead atoms. The molecular formula is C8H8F3NO. The number of rotatable bonds is 3. The SMILES string of the molecule is COc1nc(C(F)F)ccc1CF. The lowest BCUT2D eigenvalue weighted by Crippen LogP contribution is -1.97. The molecule has 0 saturated carbocycles. The lowest BCUT2D eigenvalue weighted by molar-refractivity contribution is 0.145. The summed E-state index contributed by atoms with van der Waals surface area (Å²) in [5, 5.41) is 0. The largest absolute Gasteiger partial charge is 0.481 e. The minimum absolute atomic E-state index is 0.0831. The zero-order valence-corrected chi connectivity index (χ0v) is 6.93. The van der Waals surface area contributed by atoms with Gasteiger partial charge in [-0.25, -0.2) is 18.2 Å². The van der Waals surface area contributed by atoms with Crippen LogP contribution in [0, 0.1) is 0 Å². The molecule has 0 aliphatic carbocycles. The van der Waals surface area contributed by atoms with Crippen LogP contribution < -0.4 is 4.74 Å². The predicted molar refractivity (Wildman–Crippen MR) is 40.6 cm³/mol. The summed E-state index contributed by atoms with van der Waals surface area (Å²) in [7, 11) is 1.26. The molecule has 0 N–H and O–H groups in total. The molecule has 2 nitrogen and oxygen atoms in total. The van der Waals surface area contributed by atoms with Gasteiger partial charge in [0.25, 0.3) is 6.43 Å². The first-order valence-corrected chi connectivity index (χ1v) is 3.57. The maximum absolute atomic E-state index is 12.2. The highest BCUT2D eigenvalue weighted by Gasteiger charge is 2.12. The molecular weight excluding hydrogens is 183 g/mol. The van der Waals surface area contributed by atoms with Crippen LogP contribution in [0.4, 0.5) is 13.2 Å². The maximum atomic E-state index is 12.2. The van der Waals surface area contributed by atoms with E-state index in [-0.39, 0.29) is 11.4 Å². The highest BCUT2D eigenvalue weighted by atomic mass is 19.3. The van der Waals surface area contributed by atoms with Gasteiger partial charge in [-0.05, 0) is 12.1 Å². The number of alkyl halides is 3. The second-order valence-corrected chi connectivity index (χ2v) is 2.34. The van der Waals surface area contributed by atoms with Crippen LogP contribution in [0.1, 0.15) is 17.7 Å². The normalized spacial score (nSPS) is 10.5. The van der Waals surface area contributed by atoms with Gasteiger partial charge < -0.3 is 4.74 Å². The summed E-state index contributed by atoms with van der Waals surface area (Å²) in [5.41, 5.74) is -0.235. The van der Waals surface area contributed by atoms with Gasteiger partial charge in [-0.2, -0.15) is 0 Å². The summed E-state index contributed by atoms with van der Waals surface area (Å²) in [4.78, 5) is 3.45. The smallest absolute Gasteiger partial charge is 0.280 e. The van der Waals surface area contributed by atoms with Crippen molar-refractivity contribution in [2.75, 3.05) is 7.11 Å². The Balaban J connectivity index is 3.05. The fourth-order valence-corrected chi connectivity index (χ4v) is 0.884. The van der Waals surface area contributed by atoms with E-state index in [1.807, 2.05) is 0 Å². The number of halogens is 3. The summed E-state index contributed by atoms with van der Waals surface area (Å²) in [6.07, 6.45) is -2.66. The Morgan fingerprint density at radius 2 is 2.15 bits per heavy atom. The summed E-state index contributed by atoms with van der Waals surface area (Å²) in [5.74, 6) is -0.0831. The third-order valence-electron chi connectivity index (χ3n) is 1.52. The van der Waals surface area contributed by atoms with Crippen LogP contribution in [0.15, 0.2) is 12.1 Å². The molecule has 0 fully saturated rings. The lowest BCUT2D eigenvalue weighted by atomic mass is 10.2. The Morgan fingerprint density at radius 3 is 2.62 bits per heavy atom. The number of aromatic nitrogens is 1. The average molecular weight is 191 g/mol. The number of hydrogen-bond donors (Lipinski definition) is 0. The first-order valence-electron chi connectivity index (χ1n) is 3.57. The molecule has 13 heavy (non-hydrogen) atoms. The van der Waals surface area contributed by atoms with Gasteiger partial charge in [-0.1, -0.05) is 0 Å². The molecule has 0 radical (unpaired) electrons. The molecule has 0 aliphatic rings. The number of pyridine rings is 1. The van der Waals surface area contributed by atoms with Crippen molar-refractivity contribution in [2.45, 2.75) is 13.1 Å². The molecule has 1 heterocycles. The van der Waals surface area contributed by atoms with E-state index in [9.17, 15) is 13.2 Å². The van der Waals surface area contributed by atoms with Crippen molar-refractivity contribution in [3.05, 3.63) is 23.4 Å². The quantitative estimate of drug-likeness (QED) is 0.732. The molecule has 5 heteroatoms. The van der Waals surface area contributed by atoms with E-state index in [1.54, 1.807) is 0 Å². The minimum Gasteiger partial charge on any atom is -0.481 e. The van der Waals surface area contributed by atoms with Crippen LogP contribution in [0.3, 0.4) is 0 Å². The summed E-state index contributed by atoms with van der Waals surface area (Å²) < 4.78 is 41.1. The summed E-state index contributed by atoms with van der Waals surface area (Å²) in [6.45, 7) is -0.778. The van der Waals surface area contributed by atoms with Crippen molar-refractivity contribution in [2.24, 2.45) is 0 Å². The van der Waals surface area contributed by atoms with Crippen LogP contribution in [-0.2, 0) is 6.67 Å². The molecule has 0 aromatic carbocycles. The highest BCUT2D eigenvalue weighted by molar-refractivity contribution is 5.27. The molecule has 0 amide bonds. The van der Waals surface area contributed by atoms with Crippen molar-refractivity contribution in [1.29, 1.82) is 0 Å². The number of methoxy groups -OCH3 is 1. The van der Waals surface area contributed by atoms with Crippen molar-refractivity contribution in [3.8, 4) is 5.88 Å². The van der Waals surface area contributed by atoms with Gasteiger partial charge in [0.2, 0.25) is 5.88 Å². The van der Waals surface area contributed by atoms with Crippen molar-refractivity contribution in [1.82, 2.24) is 4.98 Å². The Labute approximate surface area is 73.4 Å². The third-order valence-corrected chi connectivity index (χ3v) is 1.52. The number of nitrogens with zero attached hydrogens (tertiary/aromatic N) is 1. The zero-order valence-electron chi connectivity index (χ0n) is 6.93. The monoisotopic (exact) mass is 191 g/mol. The Kier molecular flexibility index (Phi) is 3.11. The number of ether oxygens (including phenoxy) is 1. The van der Waals surface area contributed by atoms with Crippen LogP contribution in [0.25, 0.3) is 0 Å². The molecule has 1 rings (SSSR count). The fourth-order valence-electron chi connectivity index (χ4n) is 0.884. The van der Waals surface area contributed by atoms with E-state index in [0.717, 1.165) is 6.07 Å². The fraction of sp³-hybridized carbons (Fsp3) is 0.375. The van der Waals surface area contributed by atoms with Gasteiger partial charge in [-0.15, -0.1) is 0 Å². The standard InChI is InChI=1S/C8H8F3NO/c1-13-8-5(4-9)2-3-6(12-8)7(10)11/h2-3,7H,4H2,1H3. The van der Waals surface area contributed by atoms with Crippen LogP contribution in [0.2, 0.25) is 0 Å². The molecule has 0 unspecified atom stereocenters. The van der Waals surface area contributed by atoms with Gasteiger partial charge in [0, 0.05) is 5.56 Å². The molecule has 0 saturated heterocycles. The van der Waals surface area contributed by atoms with Crippen LogP contribution in [0.5, 0.6) is 5.88 Å². The third kappa shape index (κ3) is 2.11. The highest BCUT2D eigenvalue weighted by Crippen LogP contribution is 2.22. The first-order chi connectivity index (χ1) is 6.19. The molecule has 72 valence electrons. The van der Waals surface area contributed by atoms with E-state index < -0.39 is 18.8 Å². The molecule has 1 aromatic rings. The van der Waals surface area contributed by atoms with Gasteiger partial charge in [0.05, 0.1) is 7.11 Å². The zero-order chi connectivity index (χ0) is 9.84. The van der Waals surface area contributed by atoms with E-state index in [0.29, 0.717) is 0 Å². The van der Waals surface area contributed by atoms with Crippen molar-refractivity contribution in [3.63, 3.8) is 0 Å². The summed E-state index contributed by atoms with van der Waals surface area (Å²) >= 11 is 0. The van der Waals surface area contributed by atoms with Crippen molar-refractivity contribution < 1.29 is 17.9 Å². The van der Waals surface area contributed by atoms with E-state index in [2.05, 4.69) is 9.72 Å². The topological polar surface area (TPSA) is 22.1 Å². The summed E-state index contributed by atoms with van der Waals surface area (Å²) in [6, 6.07) is 2.33. The molecule has 1 aromatic heterocycles. The van der Waals surface area contributed by atoms with E-state index in [1.165, 1.54) is 13.2 Å². The maximum Gasteiger partial charge on any atom is 0.280 e. The van der Waals surface area contributed by atoms with Gasteiger partial charge in [0.1, 0.15) is 12.4 Å². The Hall–Kier alpha value is -1.26. The Morgan fingerprint density at radius 1 is 1.46 bits per heavy atom. The van der Waals surface area contributed by atoms with Crippen molar-refractivity contribution >= 4 is 0 Å². The van der Waals surface area contributed by atoms with E-state index in [4.69, 9.17) is 0 Å². The second kappa shape index (κ2) is 4.11. The first kappa shape index (κ1) is 9.83. The molecule has 0 atom stereocenters. The number of hydrogen-bond acceptors (Lipinski definition) is 2. The molecule has 0 aliphatic heterocycles. The average Bonchev–Trinajstić information content (AvgIpc) is 2.16. The van der Waals surface area contributed by atoms with Gasteiger partial charge >= 0.3 is 0 Å². The minimum atomic E-state index is -2.66. The van der Waals surface area contributed by atoms with Gasteiger partial charge in [-0.3, -0.25) is 0 Å². The lowest BCUT2D eigenvalue weighted by Gasteiger charge is -2.05.